The molecule has 2 aliphatic rings. The Balaban J connectivity index is 1.83. The predicted octanol–water partition coefficient (Wildman–Crippen LogP) is 5.98. The molecule has 0 bridgehead atoms. The molecule has 1 aliphatic carbocycles. The summed E-state index contributed by atoms with van der Waals surface area (Å²) in [6.07, 6.45) is -2.99. The van der Waals surface area contributed by atoms with Crippen LogP contribution >= 0.6 is 11.6 Å². The van der Waals surface area contributed by atoms with Gasteiger partial charge in [0.1, 0.15) is 11.5 Å². The summed E-state index contributed by atoms with van der Waals surface area (Å²) in [6.45, 7) is 1.69. The van der Waals surface area contributed by atoms with Crippen LogP contribution in [0, 0.1) is 0 Å². The number of hydrogen-bond donors (Lipinski definition) is 2. The second-order valence-electron chi connectivity index (χ2n) is 8.52. The van der Waals surface area contributed by atoms with E-state index in [-0.39, 0.29) is 22.1 Å². The summed E-state index contributed by atoms with van der Waals surface area (Å²) in [7, 11) is 2.97. The molecular formula is C26H24ClF3N2O4. The van der Waals surface area contributed by atoms with Gasteiger partial charge < -0.3 is 20.1 Å². The number of nitrogens with one attached hydrogen (secondary N) is 2. The van der Waals surface area contributed by atoms with Crippen molar-refractivity contribution in [1.29, 1.82) is 0 Å². The van der Waals surface area contributed by atoms with E-state index in [0.717, 1.165) is 23.9 Å². The van der Waals surface area contributed by atoms with Crippen molar-refractivity contribution in [3.8, 4) is 11.5 Å². The molecule has 2 aromatic carbocycles. The average Bonchev–Trinajstić information content (AvgIpc) is 2.83. The molecule has 0 aromatic heterocycles. The third-order valence-corrected chi connectivity index (χ3v) is 6.64. The number of allylic oxidation sites excluding steroid dienone is 3. The summed E-state index contributed by atoms with van der Waals surface area (Å²) < 4.78 is 50.7. The normalized spacial score (nSPS) is 18.0. The number of rotatable bonds is 5. The first-order valence-corrected chi connectivity index (χ1v) is 11.6. The zero-order valence-electron chi connectivity index (χ0n) is 19.8. The molecule has 0 saturated carbocycles. The highest BCUT2D eigenvalue weighted by atomic mass is 35.5. The summed E-state index contributed by atoms with van der Waals surface area (Å²) in [6, 6.07) is 7.77. The van der Waals surface area contributed by atoms with Gasteiger partial charge in [0.05, 0.1) is 36.4 Å². The van der Waals surface area contributed by atoms with E-state index in [1.165, 1.54) is 14.2 Å². The first-order valence-electron chi connectivity index (χ1n) is 11.2. The topological polar surface area (TPSA) is 76.7 Å². The van der Waals surface area contributed by atoms with Crippen molar-refractivity contribution in [2.75, 3.05) is 19.5 Å². The number of ketones is 1. The summed E-state index contributed by atoms with van der Waals surface area (Å²) in [5.74, 6) is -0.673. The van der Waals surface area contributed by atoms with E-state index in [2.05, 4.69) is 10.6 Å². The van der Waals surface area contributed by atoms with Gasteiger partial charge in [-0.05, 0) is 44.0 Å². The Morgan fingerprint density at radius 3 is 2.53 bits per heavy atom. The first kappa shape index (κ1) is 25.6. The number of Topliss-reactive ketones (excluding diaryl/α,β-unsaturated/α-hetero) is 1. The van der Waals surface area contributed by atoms with E-state index in [0.29, 0.717) is 47.6 Å². The molecule has 1 atom stereocenters. The van der Waals surface area contributed by atoms with Crippen LogP contribution in [0.1, 0.15) is 43.2 Å². The van der Waals surface area contributed by atoms with Gasteiger partial charge in [-0.3, -0.25) is 9.59 Å². The number of alkyl halides is 3. The fourth-order valence-electron chi connectivity index (χ4n) is 4.64. The minimum Gasteiger partial charge on any atom is -0.497 e. The smallest absolute Gasteiger partial charge is 0.416 e. The van der Waals surface area contributed by atoms with Crippen LogP contribution in [0.5, 0.6) is 11.5 Å². The Hall–Kier alpha value is -3.46. The second kappa shape index (κ2) is 9.89. The third kappa shape index (κ3) is 4.80. The number of hydrogen-bond acceptors (Lipinski definition) is 5. The molecule has 0 fully saturated rings. The van der Waals surface area contributed by atoms with Crippen LogP contribution in [0.4, 0.5) is 18.9 Å². The molecule has 1 amide bonds. The fraction of sp³-hybridized carbons (Fsp3) is 0.308. The van der Waals surface area contributed by atoms with E-state index in [1.54, 1.807) is 25.1 Å². The Morgan fingerprint density at radius 2 is 1.86 bits per heavy atom. The lowest BCUT2D eigenvalue weighted by Crippen LogP contribution is -2.35. The van der Waals surface area contributed by atoms with Crippen LogP contribution in [0.2, 0.25) is 5.02 Å². The van der Waals surface area contributed by atoms with Gasteiger partial charge in [0.25, 0.3) is 5.91 Å². The molecule has 4 rings (SSSR count). The summed E-state index contributed by atoms with van der Waals surface area (Å²) in [4.78, 5) is 26.7. The van der Waals surface area contributed by atoms with Crippen molar-refractivity contribution in [1.82, 2.24) is 5.32 Å². The lowest BCUT2D eigenvalue weighted by Gasteiger charge is -2.35. The number of carbonyl (C=O) groups excluding carboxylic acids is 2. The minimum absolute atomic E-state index is 0.0504. The number of ether oxygens (including phenoxy) is 2. The monoisotopic (exact) mass is 520 g/mol. The minimum atomic E-state index is -4.61. The maximum atomic E-state index is 13.6. The van der Waals surface area contributed by atoms with Crippen LogP contribution < -0.4 is 20.1 Å². The quantitative estimate of drug-likeness (QED) is 0.507. The van der Waals surface area contributed by atoms with Crippen molar-refractivity contribution < 1.29 is 32.2 Å². The standard InChI is InChI=1S/C26H24ClF3N2O4/c1-13-22(25(34)32-19-11-14(26(28,29)30)7-10-17(19)27)23(24-18(31-13)5-4-6-20(24)33)16-9-8-15(35-2)12-21(16)36-3/h7-12,23,31H,4-6H2,1-3H3,(H,32,34)/t23-/m1/s1. The molecule has 2 N–H and O–H groups in total. The average molecular weight is 521 g/mol. The lowest BCUT2D eigenvalue weighted by atomic mass is 9.74. The fourth-order valence-corrected chi connectivity index (χ4v) is 4.80. The summed E-state index contributed by atoms with van der Waals surface area (Å²) in [5, 5.41) is 5.65. The Morgan fingerprint density at radius 1 is 1.11 bits per heavy atom. The number of anilines is 1. The van der Waals surface area contributed by atoms with E-state index >= 15 is 0 Å². The van der Waals surface area contributed by atoms with E-state index < -0.39 is 23.6 Å². The highest BCUT2D eigenvalue weighted by Gasteiger charge is 2.40. The van der Waals surface area contributed by atoms with E-state index in [4.69, 9.17) is 21.1 Å². The van der Waals surface area contributed by atoms with Gasteiger partial charge in [-0.15, -0.1) is 0 Å². The molecule has 0 radical (unpaired) electrons. The van der Waals surface area contributed by atoms with Gasteiger partial charge in [0, 0.05) is 40.6 Å². The molecule has 2 aromatic rings. The molecule has 1 heterocycles. The van der Waals surface area contributed by atoms with Crippen LogP contribution in [0.25, 0.3) is 0 Å². The molecular weight excluding hydrogens is 497 g/mol. The number of amides is 1. The second-order valence-corrected chi connectivity index (χ2v) is 8.93. The van der Waals surface area contributed by atoms with Crippen LogP contribution in [-0.4, -0.2) is 25.9 Å². The highest BCUT2D eigenvalue weighted by Crippen LogP contribution is 2.46. The van der Waals surface area contributed by atoms with Crippen molar-refractivity contribution in [3.63, 3.8) is 0 Å². The Bertz CT molecular complexity index is 1300. The van der Waals surface area contributed by atoms with Crippen molar-refractivity contribution in [2.24, 2.45) is 0 Å². The number of halogens is 4. The molecule has 1 aliphatic heterocycles. The number of methoxy groups -OCH3 is 2. The summed E-state index contributed by atoms with van der Waals surface area (Å²) in [5.41, 5.74) is 1.24. The van der Waals surface area contributed by atoms with Crippen molar-refractivity contribution >= 4 is 29.0 Å². The maximum absolute atomic E-state index is 13.6. The number of benzene rings is 2. The molecule has 0 spiro atoms. The SMILES string of the molecule is COc1ccc([C@@H]2C(C(=O)Nc3cc(C(F)(F)F)ccc3Cl)=C(C)NC3=C2C(=O)CCC3)c(OC)c1. The third-order valence-electron chi connectivity index (χ3n) is 6.31. The molecule has 0 saturated heterocycles. The van der Waals surface area contributed by atoms with Gasteiger partial charge in [-0.1, -0.05) is 17.7 Å². The predicted molar refractivity (Wildman–Crippen MR) is 129 cm³/mol. The number of dihydropyridines is 1. The Labute approximate surface area is 211 Å². The Kier molecular flexibility index (Phi) is 7.04. The molecule has 190 valence electrons. The van der Waals surface area contributed by atoms with Gasteiger partial charge in [0.2, 0.25) is 0 Å². The van der Waals surface area contributed by atoms with E-state index in [9.17, 15) is 22.8 Å². The van der Waals surface area contributed by atoms with Gasteiger partial charge in [-0.25, -0.2) is 0 Å². The highest BCUT2D eigenvalue weighted by molar-refractivity contribution is 6.34. The lowest BCUT2D eigenvalue weighted by molar-refractivity contribution is -0.137. The number of carbonyl (C=O) groups is 2. The zero-order valence-corrected chi connectivity index (χ0v) is 20.6. The molecule has 10 heteroatoms. The summed E-state index contributed by atoms with van der Waals surface area (Å²) >= 11 is 6.12. The van der Waals surface area contributed by atoms with Crippen LogP contribution in [0.15, 0.2) is 58.9 Å². The van der Waals surface area contributed by atoms with Crippen molar-refractivity contribution in [3.05, 3.63) is 75.1 Å². The largest absolute Gasteiger partial charge is 0.497 e. The molecule has 6 nitrogen and oxygen atoms in total. The maximum Gasteiger partial charge on any atom is 0.416 e. The molecule has 0 unspecified atom stereocenters. The van der Waals surface area contributed by atoms with Gasteiger partial charge in [-0.2, -0.15) is 13.2 Å². The molecule has 36 heavy (non-hydrogen) atoms. The van der Waals surface area contributed by atoms with Gasteiger partial charge in [0.15, 0.2) is 5.78 Å². The van der Waals surface area contributed by atoms with Crippen LogP contribution in [-0.2, 0) is 15.8 Å². The first-order chi connectivity index (χ1) is 17.0. The van der Waals surface area contributed by atoms with Crippen molar-refractivity contribution in [2.45, 2.75) is 38.3 Å². The van der Waals surface area contributed by atoms with Gasteiger partial charge >= 0.3 is 6.18 Å². The van der Waals surface area contributed by atoms with Crippen LogP contribution in [0.3, 0.4) is 0 Å². The van der Waals surface area contributed by atoms with E-state index in [1.807, 2.05) is 0 Å². The zero-order chi connectivity index (χ0) is 26.2.